The van der Waals surface area contributed by atoms with Gasteiger partial charge in [0.1, 0.15) is 12.4 Å². The molecular formula is C81H167N9O25. The summed E-state index contributed by atoms with van der Waals surface area (Å²) in [7, 11) is 3.29. The third-order valence-electron chi connectivity index (χ3n) is 13.9. The second kappa shape index (κ2) is 81.4. The average molecular weight is 1670 g/mol. The number of carbonyl (C=O) groups excluding carboxylic acids is 2. The van der Waals surface area contributed by atoms with Gasteiger partial charge in [-0.25, -0.2) is 9.36 Å². The van der Waals surface area contributed by atoms with E-state index in [9.17, 15) is 9.59 Å². The number of carbonyl (C=O) groups is 2. The summed E-state index contributed by atoms with van der Waals surface area (Å²) < 4.78 is 120. The molecule has 0 fully saturated rings. The fourth-order valence-corrected chi connectivity index (χ4v) is 7.90. The summed E-state index contributed by atoms with van der Waals surface area (Å²) in [5.74, 6) is -0.0745. The number of aryl methyl sites for hydroxylation is 1. The van der Waals surface area contributed by atoms with Crippen molar-refractivity contribution in [1.29, 1.82) is 0 Å². The van der Waals surface area contributed by atoms with Crippen molar-refractivity contribution in [1.82, 2.24) is 30.0 Å². The zero-order valence-corrected chi connectivity index (χ0v) is 75.5. The Morgan fingerprint density at radius 2 is 0.670 bits per heavy atom. The maximum Gasteiger partial charge on any atom is 0.306 e. The van der Waals surface area contributed by atoms with Crippen LogP contribution in [0.4, 0.5) is 0 Å². The summed E-state index contributed by atoms with van der Waals surface area (Å²) in [5, 5.41) is 24.8. The van der Waals surface area contributed by atoms with Crippen molar-refractivity contribution >= 4 is 11.8 Å². The van der Waals surface area contributed by atoms with Gasteiger partial charge in [0.15, 0.2) is 0 Å². The number of nitrogens with two attached hydrogens (primary N) is 3. The van der Waals surface area contributed by atoms with Crippen LogP contribution in [0, 0.1) is 10.8 Å². The third-order valence-corrected chi connectivity index (χ3v) is 13.9. The van der Waals surface area contributed by atoms with Crippen LogP contribution >= 0.6 is 0 Å². The number of ether oxygens (including phenoxy) is 22. The molecule has 0 bridgehead atoms. The molecule has 34 nitrogen and oxygen atoms in total. The highest BCUT2D eigenvalue weighted by Gasteiger charge is 2.21. The van der Waals surface area contributed by atoms with Crippen LogP contribution in [-0.2, 0) is 139 Å². The van der Waals surface area contributed by atoms with E-state index in [0.717, 1.165) is 24.4 Å². The largest absolute Gasteiger partial charge is 0.463 e. The molecule has 7 N–H and O–H groups in total. The molecule has 2 heterocycles. The van der Waals surface area contributed by atoms with Crippen LogP contribution in [0.25, 0.3) is 0 Å². The van der Waals surface area contributed by atoms with Gasteiger partial charge in [0.25, 0.3) is 0 Å². The van der Waals surface area contributed by atoms with Crippen LogP contribution in [0.1, 0.15) is 162 Å². The highest BCUT2D eigenvalue weighted by molar-refractivity contribution is 5.83. The molecule has 2 rings (SSSR count). The van der Waals surface area contributed by atoms with Gasteiger partial charge in [0.2, 0.25) is 0 Å². The predicted octanol–water partition coefficient (Wildman–Crippen LogP) is 6.98. The second-order valence-corrected chi connectivity index (χ2v) is 31.7. The standard InChI is InChI=1S/C20H37N3O7.C15H29N3O4.C13H29NO3.C13H26O5.C12H27NO4.C8H19NO2/c1-20(2,3)30-8-7-23-17-18(21-22-23)5-6-19(24)29-16-15-28-14-13-27-12-11-26-10-9-25-4;1-15(2,3)14-13-18(17-16-14)5-6-20-9-10-22-12-11-21-8-7-19-4;1-13(2,3)5-4-7-15-9-11-17-12-10-16-8-6-14;1-13(2,3)12(15)4-6-16-8-10-18-11-9-17-7-5-14;1-12(2,3)17-11-10-16-9-8-15-7-6-14-5-4-13;1-8(2,3)11-7-6-10-5-4-9/h17H,5-16H2,1-4H3;13H,5-12H2,1-4H3;4-12,14H2,1-3H3;14H,4-11H2,1-3H3;4-11,13H2,1-3H3;4-7,9H2,1-3H3. The lowest BCUT2D eigenvalue weighted by Crippen LogP contribution is -2.22. The molecule has 0 radical (unpaired) electrons. The minimum absolute atomic E-state index is 0.0261. The van der Waals surface area contributed by atoms with E-state index in [1.54, 1.807) is 18.9 Å². The Hall–Kier alpha value is -3.58. The first-order valence-electron chi connectivity index (χ1n) is 40.9. The first-order chi connectivity index (χ1) is 54.6. The Bertz CT molecular complexity index is 2290. The Morgan fingerprint density at radius 3 is 1.02 bits per heavy atom. The number of hydrogen-bond donors (Lipinski definition) is 4. The van der Waals surface area contributed by atoms with E-state index in [2.05, 4.69) is 62.2 Å². The summed E-state index contributed by atoms with van der Waals surface area (Å²) in [6.07, 6.45) is 7.29. The van der Waals surface area contributed by atoms with Crippen LogP contribution < -0.4 is 17.2 Å². The van der Waals surface area contributed by atoms with Crippen LogP contribution in [-0.4, -0.2) is 355 Å². The fourth-order valence-electron chi connectivity index (χ4n) is 7.90. The third kappa shape index (κ3) is 101. The molecule has 0 atom stereocenters. The SMILES string of the molecule is CC(C)(C)C(=O)CCOCCOCCOCCO.CC(C)(C)CCCOCCOCCOCCN.CC(C)(C)OCCOCCN.CC(C)(C)OCCOCCOCCOCCN.COCCOCCOCCOCCOC(=O)CCc1cn(CCOC(C)(C)C)nn1.COCCOCCOCCOCCn1cc(C(C)(C)C)nn1. The number of hydrogen-bond acceptors (Lipinski definition) is 32. The van der Waals surface area contributed by atoms with Crippen molar-refractivity contribution in [3.63, 3.8) is 0 Å². The number of aromatic nitrogens is 6. The van der Waals surface area contributed by atoms with E-state index in [4.69, 9.17) is 127 Å². The molecule has 0 saturated carbocycles. The quantitative estimate of drug-likeness (QED) is 0.0383. The van der Waals surface area contributed by atoms with Gasteiger partial charge in [-0.2, -0.15) is 0 Å². The van der Waals surface area contributed by atoms with Crippen LogP contribution in [0.15, 0.2) is 12.4 Å². The fraction of sp³-hybridized carbons (Fsp3) is 0.926. The molecule has 0 aliphatic rings. The van der Waals surface area contributed by atoms with E-state index in [0.29, 0.717) is 289 Å². The van der Waals surface area contributed by atoms with Crippen molar-refractivity contribution in [3.05, 3.63) is 23.8 Å². The summed E-state index contributed by atoms with van der Waals surface area (Å²) in [6, 6.07) is 0. The molecule has 115 heavy (non-hydrogen) atoms. The number of Topliss-reactive ketones (excluding diaryl/α,β-unsaturated/α-hetero) is 1. The van der Waals surface area contributed by atoms with Gasteiger partial charge >= 0.3 is 5.97 Å². The van der Waals surface area contributed by atoms with Crippen molar-refractivity contribution in [2.45, 2.75) is 192 Å². The van der Waals surface area contributed by atoms with Gasteiger partial charge in [-0.3, -0.25) is 9.59 Å². The minimum Gasteiger partial charge on any atom is -0.463 e. The minimum atomic E-state index is -0.288. The topological polar surface area (TPSA) is 397 Å². The Kier molecular flexibility index (Phi) is 83.4. The molecule has 0 aliphatic heterocycles. The summed E-state index contributed by atoms with van der Waals surface area (Å²) in [4.78, 5) is 23.3. The van der Waals surface area contributed by atoms with Gasteiger partial charge in [-0.15, -0.1) is 10.2 Å². The molecule has 0 unspecified atom stereocenters. The van der Waals surface area contributed by atoms with E-state index in [-0.39, 0.29) is 59.0 Å². The Balaban J connectivity index is -0.000000659. The van der Waals surface area contributed by atoms with Crippen LogP contribution in [0.3, 0.4) is 0 Å². The number of nitrogens with zero attached hydrogens (tertiary/aromatic N) is 6. The Morgan fingerprint density at radius 1 is 0.357 bits per heavy atom. The molecular weight excluding hydrogens is 1500 g/mol. The molecule has 0 saturated heterocycles. The highest BCUT2D eigenvalue weighted by Crippen LogP contribution is 2.21. The average Bonchev–Trinajstić information content (AvgIpc) is 1.73. The maximum atomic E-state index is 11.8. The lowest BCUT2D eigenvalue weighted by molar-refractivity contribution is -0.145. The molecule has 0 amide bonds. The monoisotopic (exact) mass is 1670 g/mol. The highest BCUT2D eigenvalue weighted by atomic mass is 16.6. The lowest BCUT2D eigenvalue weighted by Gasteiger charge is -2.19. The normalized spacial score (nSPS) is 11.9. The van der Waals surface area contributed by atoms with Crippen LogP contribution in [0.2, 0.25) is 0 Å². The lowest BCUT2D eigenvalue weighted by atomic mass is 9.89. The van der Waals surface area contributed by atoms with Crippen molar-refractivity contribution in [3.8, 4) is 0 Å². The second-order valence-electron chi connectivity index (χ2n) is 31.7. The zero-order chi connectivity index (χ0) is 86.9. The summed E-state index contributed by atoms with van der Waals surface area (Å²) in [6.45, 7) is 61.1. The molecule has 686 valence electrons. The van der Waals surface area contributed by atoms with Gasteiger partial charge in [-0.05, 0) is 80.6 Å². The number of aliphatic hydroxyl groups excluding tert-OH is 1. The number of rotatable bonds is 68. The molecule has 0 aromatic carbocycles. The van der Waals surface area contributed by atoms with E-state index in [1.807, 2.05) is 100 Å². The maximum absolute atomic E-state index is 11.8. The molecule has 0 aliphatic carbocycles. The van der Waals surface area contributed by atoms with Gasteiger partial charge in [0.05, 0.1) is 292 Å². The first-order valence-corrected chi connectivity index (χ1v) is 40.9. The molecule has 2 aromatic rings. The number of methoxy groups -OCH3 is 2. The number of ketones is 1. The van der Waals surface area contributed by atoms with Gasteiger partial charge < -0.3 is 127 Å². The summed E-state index contributed by atoms with van der Waals surface area (Å²) in [5.41, 5.74) is 17.3. The molecule has 0 spiro atoms. The number of esters is 1. The van der Waals surface area contributed by atoms with Gasteiger partial charge in [-0.1, -0.05) is 72.7 Å². The van der Waals surface area contributed by atoms with Crippen LogP contribution in [0.5, 0.6) is 0 Å². The van der Waals surface area contributed by atoms with E-state index in [1.165, 1.54) is 6.42 Å². The predicted molar refractivity (Wildman–Crippen MR) is 444 cm³/mol. The van der Waals surface area contributed by atoms with E-state index >= 15 is 0 Å². The summed E-state index contributed by atoms with van der Waals surface area (Å²) >= 11 is 0. The van der Waals surface area contributed by atoms with Crippen molar-refractivity contribution in [2.24, 2.45) is 28.0 Å². The first kappa shape index (κ1) is 118. The number of aliphatic hydroxyl groups is 1. The zero-order valence-electron chi connectivity index (χ0n) is 75.5. The Labute approximate surface area is 693 Å². The van der Waals surface area contributed by atoms with Gasteiger partial charge in [0, 0.05) is 76.5 Å². The molecule has 2 aromatic heterocycles. The van der Waals surface area contributed by atoms with Crippen molar-refractivity contribution < 1.29 is 119 Å². The molecule has 34 heteroatoms. The van der Waals surface area contributed by atoms with E-state index < -0.39 is 0 Å². The smallest absolute Gasteiger partial charge is 0.306 e. The van der Waals surface area contributed by atoms with Crippen molar-refractivity contribution in [2.75, 3.05) is 292 Å².